The Balaban J connectivity index is 2.36. The summed E-state index contributed by atoms with van der Waals surface area (Å²) >= 11 is 3.29. The number of hydrogen-bond acceptors (Lipinski definition) is 3. The molecule has 0 atom stereocenters. The second-order valence-corrected chi connectivity index (χ2v) is 4.79. The predicted molar refractivity (Wildman–Crippen MR) is 72.2 cm³/mol. The number of unbranched alkanes of at least 4 members (excludes halogenated alkanes) is 3. The van der Waals surface area contributed by atoms with Crippen molar-refractivity contribution in [2.45, 2.75) is 25.7 Å². The van der Waals surface area contributed by atoms with Gasteiger partial charge >= 0.3 is 5.97 Å². The highest BCUT2D eigenvalue weighted by molar-refractivity contribution is 9.10. The van der Waals surface area contributed by atoms with Gasteiger partial charge in [0.15, 0.2) is 0 Å². The van der Waals surface area contributed by atoms with E-state index in [4.69, 9.17) is 14.9 Å². The fourth-order valence-corrected chi connectivity index (χ4v) is 1.99. The van der Waals surface area contributed by atoms with Crippen molar-refractivity contribution in [1.82, 2.24) is 0 Å². The number of aliphatic hydroxyl groups is 1. The molecule has 0 radical (unpaired) electrons. The molecular formula is C13H17BrO4. The molecule has 4 nitrogen and oxygen atoms in total. The van der Waals surface area contributed by atoms with E-state index in [1.807, 2.05) is 0 Å². The fourth-order valence-electron chi connectivity index (χ4n) is 1.50. The van der Waals surface area contributed by atoms with E-state index in [1.165, 1.54) is 12.1 Å². The van der Waals surface area contributed by atoms with Gasteiger partial charge in [0.1, 0.15) is 5.75 Å². The number of benzene rings is 1. The lowest BCUT2D eigenvalue weighted by atomic mass is 10.2. The highest BCUT2D eigenvalue weighted by Crippen LogP contribution is 2.26. The third-order valence-corrected chi connectivity index (χ3v) is 3.11. The number of carboxylic acid groups (broad SMARTS) is 1. The van der Waals surface area contributed by atoms with E-state index in [0.29, 0.717) is 16.8 Å². The summed E-state index contributed by atoms with van der Waals surface area (Å²) < 4.78 is 6.20. The molecule has 1 aromatic rings. The van der Waals surface area contributed by atoms with Crippen LogP contribution in [0.5, 0.6) is 5.75 Å². The second-order valence-electron chi connectivity index (χ2n) is 3.94. The second kappa shape index (κ2) is 8.11. The Labute approximate surface area is 115 Å². The number of rotatable bonds is 8. The average Bonchev–Trinajstić information content (AvgIpc) is 2.35. The molecule has 0 bridgehead atoms. The van der Waals surface area contributed by atoms with Crippen LogP contribution in [0, 0.1) is 0 Å². The van der Waals surface area contributed by atoms with E-state index in [-0.39, 0.29) is 12.2 Å². The molecule has 2 N–H and O–H groups in total. The van der Waals surface area contributed by atoms with Crippen LogP contribution in [0.3, 0.4) is 0 Å². The van der Waals surface area contributed by atoms with Gasteiger partial charge in [-0.1, -0.05) is 6.42 Å². The molecule has 0 saturated carbocycles. The number of carbonyl (C=O) groups is 1. The fraction of sp³-hybridized carbons (Fsp3) is 0.462. The van der Waals surface area contributed by atoms with Crippen molar-refractivity contribution in [1.29, 1.82) is 0 Å². The van der Waals surface area contributed by atoms with Crippen LogP contribution in [0.25, 0.3) is 0 Å². The van der Waals surface area contributed by atoms with Gasteiger partial charge in [-0.05, 0) is 53.4 Å². The predicted octanol–water partition coefficient (Wildman–Crippen LogP) is 3.08. The van der Waals surface area contributed by atoms with E-state index < -0.39 is 5.97 Å². The van der Waals surface area contributed by atoms with Crippen molar-refractivity contribution in [3.8, 4) is 5.75 Å². The Bertz CT molecular complexity index is 393. The summed E-state index contributed by atoms with van der Waals surface area (Å²) in [5.41, 5.74) is 0.233. The van der Waals surface area contributed by atoms with E-state index >= 15 is 0 Å². The van der Waals surface area contributed by atoms with Gasteiger partial charge < -0.3 is 14.9 Å². The maximum absolute atomic E-state index is 10.7. The summed E-state index contributed by atoms with van der Waals surface area (Å²) in [6, 6.07) is 4.71. The molecule has 0 aliphatic heterocycles. The molecule has 100 valence electrons. The standard InChI is InChI=1S/C13H17BrO4/c14-11-9-10(13(16)17)5-6-12(11)18-8-4-2-1-3-7-15/h5-6,9,15H,1-4,7-8H2,(H,16,17). The molecule has 0 aliphatic rings. The Hall–Kier alpha value is -1.07. The summed E-state index contributed by atoms with van der Waals surface area (Å²) in [4.78, 5) is 10.7. The van der Waals surface area contributed by atoms with Gasteiger partial charge in [-0.3, -0.25) is 0 Å². The number of halogens is 1. The molecule has 5 heteroatoms. The van der Waals surface area contributed by atoms with Crippen LogP contribution in [0.1, 0.15) is 36.0 Å². The van der Waals surface area contributed by atoms with Crippen LogP contribution in [0.15, 0.2) is 22.7 Å². The number of hydrogen-bond donors (Lipinski definition) is 2. The zero-order chi connectivity index (χ0) is 13.4. The molecule has 0 unspecified atom stereocenters. The first-order valence-corrected chi connectivity index (χ1v) is 6.71. The van der Waals surface area contributed by atoms with Gasteiger partial charge in [-0.15, -0.1) is 0 Å². The number of carboxylic acids is 1. The Kier molecular flexibility index (Phi) is 6.75. The number of aliphatic hydroxyl groups excluding tert-OH is 1. The molecule has 0 spiro atoms. The minimum Gasteiger partial charge on any atom is -0.492 e. The number of ether oxygens (including phenoxy) is 1. The van der Waals surface area contributed by atoms with Crippen LogP contribution in [0.4, 0.5) is 0 Å². The van der Waals surface area contributed by atoms with Gasteiger partial charge in [0.25, 0.3) is 0 Å². The van der Waals surface area contributed by atoms with Gasteiger partial charge in [0.05, 0.1) is 16.6 Å². The smallest absolute Gasteiger partial charge is 0.335 e. The highest BCUT2D eigenvalue weighted by atomic mass is 79.9. The lowest BCUT2D eigenvalue weighted by Crippen LogP contribution is -2.00. The van der Waals surface area contributed by atoms with Crippen molar-refractivity contribution >= 4 is 21.9 Å². The Morgan fingerprint density at radius 2 is 1.94 bits per heavy atom. The third kappa shape index (κ3) is 5.06. The minimum atomic E-state index is -0.953. The van der Waals surface area contributed by atoms with Crippen molar-refractivity contribution in [3.05, 3.63) is 28.2 Å². The molecule has 0 fully saturated rings. The van der Waals surface area contributed by atoms with E-state index in [1.54, 1.807) is 6.07 Å². The third-order valence-electron chi connectivity index (χ3n) is 2.49. The molecule has 0 saturated heterocycles. The topological polar surface area (TPSA) is 66.8 Å². The van der Waals surface area contributed by atoms with Crippen LogP contribution in [-0.4, -0.2) is 29.4 Å². The summed E-state index contributed by atoms with van der Waals surface area (Å²) in [5.74, 6) is -0.298. The van der Waals surface area contributed by atoms with Crippen molar-refractivity contribution in [2.75, 3.05) is 13.2 Å². The van der Waals surface area contributed by atoms with Crippen molar-refractivity contribution < 1.29 is 19.7 Å². The zero-order valence-corrected chi connectivity index (χ0v) is 11.6. The van der Waals surface area contributed by atoms with Crippen LogP contribution in [-0.2, 0) is 0 Å². The Morgan fingerprint density at radius 3 is 2.56 bits per heavy atom. The molecule has 0 aromatic heterocycles. The number of aromatic carboxylic acids is 1. The first-order valence-electron chi connectivity index (χ1n) is 5.91. The lowest BCUT2D eigenvalue weighted by Gasteiger charge is -2.08. The van der Waals surface area contributed by atoms with E-state index in [2.05, 4.69) is 15.9 Å². The minimum absolute atomic E-state index is 0.233. The van der Waals surface area contributed by atoms with Gasteiger partial charge in [-0.2, -0.15) is 0 Å². The normalized spacial score (nSPS) is 10.3. The van der Waals surface area contributed by atoms with Gasteiger partial charge in [0, 0.05) is 6.61 Å². The molecule has 0 amide bonds. The molecule has 0 aliphatic carbocycles. The largest absolute Gasteiger partial charge is 0.492 e. The summed E-state index contributed by atoms with van der Waals surface area (Å²) in [6.07, 6.45) is 3.77. The molecule has 18 heavy (non-hydrogen) atoms. The van der Waals surface area contributed by atoms with Gasteiger partial charge in [0.2, 0.25) is 0 Å². The first kappa shape index (κ1) is 15.0. The van der Waals surface area contributed by atoms with Crippen molar-refractivity contribution in [3.63, 3.8) is 0 Å². The monoisotopic (exact) mass is 316 g/mol. The van der Waals surface area contributed by atoms with Crippen molar-refractivity contribution in [2.24, 2.45) is 0 Å². The average molecular weight is 317 g/mol. The van der Waals surface area contributed by atoms with E-state index in [9.17, 15) is 4.79 Å². The van der Waals surface area contributed by atoms with Crippen LogP contribution >= 0.6 is 15.9 Å². The lowest BCUT2D eigenvalue weighted by molar-refractivity contribution is 0.0696. The highest BCUT2D eigenvalue weighted by Gasteiger charge is 2.07. The van der Waals surface area contributed by atoms with Crippen LogP contribution in [0.2, 0.25) is 0 Å². The molecular weight excluding hydrogens is 300 g/mol. The maximum atomic E-state index is 10.7. The zero-order valence-electron chi connectivity index (χ0n) is 10.1. The molecule has 0 heterocycles. The van der Waals surface area contributed by atoms with Crippen LogP contribution < -0.4 is 4.74 Å². The summed E-state index contributed by atoms with van der Waals surface area (Å²) in [6.45, 7) is 0.833. The summed E-state index contributed by atoms with van der Waals surface area (Å²) in [7, 11) is 0. The SMILES string of the molecule is O=C(O)c1ccc(OCCCCCCO)c(Br)c1. The maximum Gasteiger partial charge on any atom is 0.335 e. The summed E-state index contributed by atoms with van der Waals surface area (Å²) in [5, 5.41) is 17.4. The molecule has 1 rings (SSSR count). The Morgan fingerprint density at radius 1 is 1.22 bits per heavy atom. The molecule has 1 aromatic carbocycles. The van der Waals surface area contributed by atoms with E-state index in [0.717, 1.165) is 25.7 Å². The van der Waals surface area contributed by atoms with Gasteiger partial charge in [-0.25, -0.2) is 4.79 Å². The quantitative estimate of drug-likeness (QED) is 0.723. The first-order chi connectivity index (χ1) is 8.65.